The molecule has 0 aromatic heterocycles. The number of nitrogens with two attached hydrogens (primary N) is 1. The predicted molar refractivity (Wildman–Crippen MR) is 149 cm³/mol. The summed E-state index contributed by atoms with van der Waals surface area (Å²) >= 11 is 0. The quantitative estimate of drug-likeness (QED) is 0.250. The van der Waals surface area contributed by atoms with Gasteiger partial charge in [-0.3, -0.25) is 0 Å². The Hall–Kier alpha value is -3.06. The van der Waals surface area contributed by atoms with Crippen LogP contribution in [0.15, 0.2) is 85.0 Å². The van der Waals surface area contributed by atoms with E-state index in [1.54, 1.807) is 6.08 Å². The molecule has 0 saturated carbocycles. The third kappa shape index (κ3) is 9.83. The number of benzene rings is 3. The fourth-order valence-corrected chi connectivity index (χ4v) is 2.82. The van der Waals surface area contributed by atoms with Crippen molar-refractivity contribution in [1.29, 1.82) is 0 Å². The lowest BCUT2D eigenvalue weighted by atomic mass is 9.98. The summed E-state index contributed by atoms with van der Waals surface area (Å²) in [5.41, 5.74) is 14.4. The number of hydrogen-bond donors (Lipinski definition) is 1. The van der Waals surface area contributed by atoms with Gasteiger partial charge < -0.3 is 5.73 Å². The molecule has 0 radical (unpaired) electrons. The fourth-order valence-electron chi connectivity index (χ4n) is 2.82. The second-order valence-electron chi connectivity index (χ2n) is 7.63. The lowest BCUT2D eigenvalue weighted by Gasteiger charge is -2.08. The molecule has 3 aromatic carbocycles. The second kappa shape index (κ2) is 15.7. The number of anilines is 1. The number of nitrogen functional groups attached to an aromatic ring is 1. The first-order chi connectivity index (χ1) is 15.2. The highest BCUT2D eigenvalue weighted by atomic mass is 14.5. The van der Waals surface area contributed by atoms with Gasteiger partial charge in [0.1, 0.15) is 0 Å². The van der Waals surface area contributed by atoms with Crippen LogP contribution in [0, 0.1) is 13.8 Å². The van der Waals surface area contributed by atoms with Crippen molar-refractivity contribution in [3.05, 3.63) is 107 Å². The van der Waals surface area contributed by atoms with Crippen molar-refractivity contribution < 1.29 is 0 Å². The number of aryl methyl sites for hydroxylation is 3. The van der Waals surface area contributed by atoms with Gasteiger partial charge in [-0.15, -0.1) is 6.58 Å². The van der Waals surface area contributed by atoms with Crippen LogP contribution >= 0.6 is 0 Å². The molecule has 1 heteroatoms. The average molecular weight is 430 g/mol. The molecule has 0 unspecified atom stereocenters. The van der Waals surface area contributed by atoms with Gasteiger partial charge in [-0.25, -0.2) is 0 Å². The highest BCUT2D eigenvalue weighted by Gasteiger charge is 2.03. The third-order valence-corrected chi connectivity index (χ3v) is 4.87. The van der Waals surface area contributed by atoms with Gasteiger partial charge in [0, 0.05) is 11.1 Å². The molecule has 1 nitrogen and oxygen atoms in total. The molecule has 3 rings (SSSR count). The highest BCUT2D eigenvalue weighted by Crippen LogP contribution is 2.26. The van der Waals surface area contributed by atoms with E-state index in [0.29, 0.717) is 0 Å². The zero-order valence-electron chi connectivity index (χ0n) is 21.5. The van der Waals surface area contributed by atoms with E-state index in [2.05, 4.69) is 89.4 Å². The van der Waals surface area contributed by atoms with Gasteiger partial charge in [-0.05, 0) is 80.8 Å². The van der Waals surface area contributed by atoms with Crippen LogP contribution in [0.4, 0.5) is 5.69 Å². The Morgan fingerprint density at radius 3 is 2.03 bits per heavy atom. The normalized spacial score (nSPS) is 9.94. The molecule has 3 aromatic rings. The zero-order valence-corrected chi connectivity index (χ0v) is 21.5. The lowest BCUT2D eigenvalue weighted by Crippen LogP contribution is -1.90. The largest absolute Gasteiger partial charge is 0.398 e. The third-order valence-electron chi connectivity index (χ3n) is 4.87. The second-order valence-corrected chi connectivity index (χ2v) is 7.63. The smallest absolute Gasteiger partial charge is 0.0393 e. The van der Waals surface area contributed by atoms with Crippen LogP contribution in [0.5, 0.6) is 0 Å². The van der Waals surface area contributed by atoms with E-state index in [9.17, 15) is 0 Å². The van der Waals surface area contributed by atoms with E-state index >= 15 is 0 Å². The van der Waals surface area contributed by atoms with Crippen LogP contribution in [-0.4, -0.2) is 0 Å². The van der Waals surface area contributed by atoms with Crippen LogP contribution in [0.1, 0.15) is 63.8 Å². The van der Waals surface area contributed by atoms with E-state index in [1.165, 1.54) is 33.2 Å². The molecule has 2 N–H and O–H groups in total. The summed E-state index contributed by atoms with van der Waals surface area (Å²) in [5, 5.41) is 2.31. The van der Waals surface area contributed by atoms with E-state index in [-0.39, 0.29) is 0 Å². The van der Waals surface area contributed by atoms with Gasteiger partial charge in [0.15, 0.2) is 0 Å². The van der Waals surface area contributed by atoms with Crippen molar-refractivity contribution in [3.63, 3.8) is 0 Å². The molecular weight excluding hydrogens is 386 g/mol. The zero-order chi connectivity index (χ0) is 24.7. The number of fused-ring (bicyclic) bond motifs is 1. The van der Waals surface area contributed by atoms with E-state index in [4.69, 9.17) is 5.73 Å². The summed E-state index contributed by atoms with van der Waals surface area (Å²) in [6.45, 7) is 23.7. The summed E-state index contributed by atoms with van der Waals surface area (Å²) in [6.07, 6.45) is 5.06. The van der Waals surface area contributed by atoms with Gasteiger partial charge in [-0.2, -0.15) is 0 Å². The summed E-state index contributed by atoms with van der Waals surface area (Å²) in [5.74, 6) is 0. The van der Waals surface area contributed by atoms with Gasteiger partial charge in [-0.1, -0.05) is 93.1 Å². The lowest BCUT2D eigenvalue weighted by molar-refractivity contribution is 1.14. The van der Waals surface area contributed by atoms with Crippen molar-refractivity contribution >= 4 is 22.5 Å². The Labute approximate surface area is 197 Å². The molecule has 0 aliphatic rings. The highest BCUT2D eigenvalue weighted by molar-refractivity contribution is 5.95. The summed E-state index contributed by atoms with van der Waals surface area (Å²) in [4.78, 5) is 0. The minimum Gasteiger partial charge on any atom is -0.398 e. The summed E-state index contributed by atoms with van der Waals surface area (Å²) in [7, 11) is 0. The first-order valence-corrected chi connectivity index (χ1v) is 11.5. The van der Waals surface area contributed by atoms with Gasteiger partial charge >= 0.3 is 0 Å². The van der Waals surface area contributed by atoms with E-state index in [0.717, 1.165) is 23.1 Å². The monoisotopic (exact) mass is 429 g/mol. The first-order valence-electron chi connectivity index (χ1n) is 11.5. The molecule has 0 bridgehead atoms. The van der Waals surface area contributed by atoms with Gasteiger partial charge in [0.25, 0.3) is 0 Å². The van der Waals surface area contributed by atoms with Crippen molar-refractivity contribution in [2.45, 2.75) is 61.8 Å². The van der Waals surface area contributed by atoms with Crippen molar-refractivity contribution in [2.24, 2.45) is 0 Å². The van der Waals surface area contributed by atoms with Crippen molar-refractivity contribution in [3.8, 4) is 0 Å². The minimum absolute atomic E-state index is 0.829. The molecule has 0 fully saturated rings. The number of rotatable bonds is 3. The average Bonchev–Trinajstić information content (AvgIpc) is 2.78. The maximum atomic E-state index is 6.03. The number of hydrogen-bond acceptors (Lipinski definition) is 1. The molecule has 0 aliphatic carbocycles. The molecule has 0 heterocycles. The van der Waals surface area contributed by atoms with E-state index in [1.807, 2.05) is 39.8 Å². The standard InChI is InChI=1S/C17H19N.C9H12.C3H6.C2H6/c1-11(2)12(3)8-15-10-16-14(9-13(15)4)6-5-7-17(16)18;1-3-9-6-4-8(2)5-7-9;1-3-2;1-2/h5-10H,1,18H2,2-4H3;4-7H,3H2,1-2H3;3H,1H2,2H3;1-2H3/b12-8+;;;. The molecular formula is C31H43N. The Morgan fingerprint density at radius 2 is 1.53 bits per heavy atom. The Balaban J connectivity index is 0.000000574. The number of allylic oxidation sites excluding steroid dienone is 3. The molecule has 0 aliphatic heterocycles. The summed E-state index contributed by atoms with van der Waals surface area (Å²) < 4.78 is 0. The Bertz CT molecular complexity index is 1000. The Kier molecular flexibility index (Phi) is 14.2. The van der Waals surface area contributed by atoms with Crippen LogP contribution in [0.3, 0.4) is 0 Å². The van der Waals surface area contributed by atoms with Crippen LogP contribution < -0.4 is 5.73 Å². The fraction of sp³-hybridized carbons (Fsp3) is 0.290. The van der Waals surface area contributed by atoms with Crippen LogP contribution in [0.25, 0.3) is 16.8 Å². The minimum atomic E-state index is 0.829. The van der Waals surface area contributed by atoms with Gasteiger partial charge in [0.2, 0.25) is 0 Å². The molecule has 0 saturated heterocycles. The summed E-state index contributed by atoms with van der Waals surface area (Å²) in [6, 6.07) is 19.0. The molecule has 0 spiro atoms. The van der Waals surface area contributed by atoms with Crippen molar-refractivity contribution in [2.75, 3.05) is 5.73 Å². The van der Waals surface area contributed by atoms with E-state index < -0.39 is 0 Å². The molecule has 0 atom stereocenters. The Morgan fingerprint density at radius 1 is 0.969 bits per heavy atom. The predicted octanol–water partition coefficient (Wildman–Crippen LogP) is 9.49. The van der Waals surface area contributed by atoms with Crippen molar-refractivity contribution in [1.82, 2.24) is 0 Å². The SMILES string of the molecule is C=C(C)/C(C)=C/c1cc2c(N)cccc2cc1C.C=CC.CC.CCc1ccc(C)cc1. The van der Waals surface area contributed by atoms with Crippen LogP contribution in [0.2, 0.25) is 0 Å². The molecule has 0 amide bonds. The molecule has 32 heavy (non-hydrogen) atoms. The first kappa shape index (κ1) is 28.9. The van der Waals surface area contributed by atoms with Crippen LogP contribution in [-0.2, 0) is 6.42 Å². The topological polar surface area (TPSA) is 26.0 Å². The maximum Gasteiger partial charge on any atom is 0.0393 e. The van der Waals surface area contributed by atoms with Gasteiger partial charge in [0.05, 0.1) is 0 Å². The molecule has 172 valence electrons. The maximum absolute atomic E-state index is 6.03.